The maximum Gasteiger partial charge on any atom is 0.124 e. The van der Waals surface area contributed by atoms with E-state index in [4.69, 9.17) is 5.53 Å². The van der Waals surface area contributed by atoms with Crippen molar-refractivity contribution in [3.8, 4) is 0 Å². The molecule has 0 saturated heterocycles. The molecule has 0 spiro atoms. The van der Waals surface area contributed by atoms with Crippen LogP contribution in [0, 0.1) is 0 Å². The first-order valence-corrected chi connectivity index (χ1v) is 5.56. The zero-order valence-electron chi connectivity index (χ0n) is 6.58. The molecule has 0 radical (unpaired) electrons. The molecule has 0 atom stereocenters. The summed E-state index contributed by atoms with van der Waals surface area (Å²) in [5.74, 6) is 0. The zero-order valence-corrected chi connectivity index (χ0v) is 8.00. The topological polar surface area (TPSA) is 48.8 Å². The Balaban J connectivity index is 2.83. The molecule has 10 heavy (non-hydrogen) atoms. The molecule has 0 aromatic heterocycles. The molecule has 0 aromatic carbocycles. The summed E-state index contributed by atoms with van der Waals surface area (Å²) in [4.78, 5) is 2.74. The maximum atomic E-state index is 7.96. The van der Waals surface area contributed by atoms with Gasteiger partial charge in [0.1, 0.15) is 9.68 Å². The first-order valence-electron chi connectivity index (χ1n) is 3.92. The number of azide groups is 1. The molecule has 0 N–H and O–H groups in total. The summed E-state index contributed by atoms with van der Waals surface area (Å²) in [5.41, 5.74) is 7.96. The van der Waals surface area contributed by atoms with Gasteiger partial charge in [0.05, 0.1) is 0 Å². The lowest BCUT2D eigenvalue weighted by molar-refractivity contribution is 0.700. The van der Waals surface area contributed by atoms with Crippen LogP contribution >= 0.6 is 0 Å². The van der Waals surface area contributed by atoms with E-state index < -0.39 is 9.68 Å². The molecule has 0 amide bonds. The Labute approximate surface area is 64.4 Å². The molecule has 0 fully saturated rings. The molecule has 0 saturated carbocycles. The fourth-order valence-corrected chi connectivity index (χ4v) is 1.64. The first kappa shape index (κ1) is 9.53. The van der Waals surface area contributed by atoms with E-state index in [1.807, 2.05) is 0 Å². The summed E-state index contributed by atoms with van der Waals surface area (Å²) in [7, 11) is -0.408. The van der Waals surface area contributed by atoms with Crippen molar-refractivity contribution in [3.63, 3.8) is 0 Å². The quantitative estimate of drug-likeness (QED) is 0.187. The molecule has 58 valence electrons. The van der Waals surface area contributed by atoms with Crippen molar-refractivity contribution < 1.29 is 0 Å². The molecule has 0 aliphatic carbocycles. The van der Waals surface area contributed by atoms with Gasteiger partial charge in [0.25, 0.3) is 0 Å². The van der Waals surface area contributed by atoms with E-state index in [0.717, 1.165) is 0 Å². The van der Waals surface area contributed by atoms with Crippen LogP contribution in [0.15, 0.2) is 4.78 Å². The lowest BCUT2D eigenvalue weighted by Crippen LogP contribution is -1.82. The molecule has 0 rings (SSSR count). The Morgan fingerprint density at radius 1 is 1.40 bits per heavy atom. The Morgan fingerprint density at radius 2 is 2.20 bits per heavy atom. The van der Waals surface area contributed by atoms with Crippen molar-refractivity contribution in [1.29, 1.82) is 0 Å². The van der Waals surface area contributed by atoms with Crippen molar-refractivity contribution in [2.24, 2.45) is 4.78 Å². The smallest absolute Gasteiger partial charge is 0.124 e. The summed E-state index contributed by atoms with van der Waals surface area (Å²) in [5, 5.41) is 0. The molecule has 0 aromatic rings. The van der Waals surface area contributed by atoms with Crippen molar-refractivity contribution in [2.45, 2.75) is 38.7 Å². The van der Waals surface area contributed by atoms with Crippen molar-refractivity contribution in [1.82, 2.24) is 0 Å². The SMILES string of the molecule is CCCCCC[SiH2]N=[N+]=[N-]. The minimum Gasteiger partial charge on any atom is -0.132 e. The van der Waals surface area contributed by atoms with Crippen molar-refractivity contribution >= 4 is 9.68 Å². The third-order valence-corrected chi connectivity index (χ3v) is 2.57. The summed E-state index contributed by atoms with van der Waals surface area (Å²) in [6.45, 7) is 2.20. The van der Waals surface area contributed by atoms with Crippen LogP contribution in [0.4, 0.5) is 0 Å². The van der Waals surface area contributed by atoms with Gasteiger partial charge in [0.2, 0.25) is 0 Å². The fourth-order valence-electron chi connectivity index (χ4n) is 0.831. The molecule has 4 heteroatoms. The summed E-state index contributed by atoms with van der Waals surface area (Å²) in [6.07, 6.45) is 5.18. The Morgan fingerprint density at radius 3 is 2.80 bits per heavy atom. The predicted octanol–water partition coefficient (Wildman–Crippen LogP) is 2.38. The molecule has 3 nitrogen and oxygen atoms in total. The van der Waals surface area contributed by atoms with Gasteiger partial charge in [-0.3, -0.25) is 0 Å². The second kappa shape index (κ2) is 8.53. The van der Waals surface area contributed by atoms with Gasteiger partial charge in [0, 0.05) is 0 Å². The minimum atomic E-state index is -0.408. The number of hydrogen-bond acceptors (Lipinski definition) is 1. The largest absolute Gasteiger partial charge is 0.132 e. The van der Waals surface area contributed by atoms with Gasteiger partial charge >= 0.3 is 0 Å². The molecule has 0 aliphatic heterocycles. The van der Waals surface area contributed by atoms with Crippen molar-refractivity contribution in [3.05, 3.63) is 10.4 Å². The lowest BCUT2D eigenvalue weighted by atomic mass is 10.2. The van der Waals surface area contributed by atoms with Crippen LogP contribution < -0.4 is 0 Å². The second-order valence-corrected chi connectivity index (χ2v) is 3.81. The number of rotatable bonds is 6. The molecule has 0 heterocycles. The zero-order chi connectivity index (χ0) is 7.66. The summed E-state index contributed by atoms with van der Waals surface area (Å²) >= 11 is 0. The van der Waals surface area contributed by atoms with E-state index in [1.165, 1.54) is 31.7 Å². The number of hydrogen-bond donors (Lipinski definition) is 0. The van der Waals surface area contributed by atoms with E-state index in [9.17, 15) is 0 Å². The maximum absolute atomic E-state index is 7.96. The van der Waals surface area contributed by atoms with E-state index in [2.05, 4.69) is 16.6 Å². The Bertz CT molecular complexity index is 110. The predicted molar refractivity (Wildman–Crippen MR) is 46.6 cm³/mol. The third-order valence-electron chi connectivity index (χ3n) is 1.42. The highest BCUT2D eigenvalue weighted by Crippen LogP contribution is 2.01. The highest BCUT2D eigenvalue weighted by Gasteiger charge is 1.86. The first-order chi connectivity index (χ1) is 4.91. The van der Waals surface area contributed by atoms with E-state index in [-0.39, 0.29) is 0 Å². The van der Waals surface area contributed by atoms with Gasteiger partial charge in [-0.2, -0.15) is 0 Å². The highest BCUT2D eigenvalue weighted by atomic mass is 28.2. The van der Waals surface area contributed by atoms with Gasteiger partial charge in [-0.1, -0.05) is 38.7 Å². The van der Waals surface area contributed by atoms with Crippen LogP contribution in [0.25, 0.3) is 10.4 Å². The molecular weight excluding hydrogens is 142 g/mol. The molecule has 0 aliphatic rings. The van der Waals surface area contributed by atoms with Gasteiger partial charge in [0.15, 0.2) is 0 Å². The third kappa shape index (κ3) is 7.53. The summed E-state index contributed by atoms with van der Waals surface area (Å²) < 4.78 is 3.59. The van der Waals surface area contributed by atoms with E-state index in [1.54, 1.807) is 0 Å². The monoisotopic (exact) mass is 157 g/mol. The molecular formula is C6H15N3Si. The second-order valence-electron chi connectivity index (χ2n) is 2.37. The average molecular weight is 157 g/mol. The van der Waals surface area contributed by atoms with Crippen LogP contribution in [0.3, 0.4) is 0 Å². The van der Waals surface area contributed by atoms with Crippen LogP contribution in [-0.2, 0) is 0 Å². The Kier molecular flexibility index (Phi) is 8.12. The van der Waals surface area contributed by atoms with E-state index in [0.29, 0.717) is 0 Å². The normalized spacial score (nSPS) is 10.1. The van der Waals surface area contributed by atoms with Gasteiger partial charge in [-0.15, -0.1) is 4.78 Å². The van der Waals surface area contributed by atoms with Gasteiger partial charge in [-0.25, -0.2) is 0 Å². The molecule has 0 unspecified atom stereocenters. The minimum absolute atomic E-state index is 0.408. The van der Waals surface area contributed by atoms with Crippen LogP contribution in [-0.4, -0.2) is 9.68 Å². The van der Waals surface area contributed by atoms with Gasteiger partial charge in [-0.05, 0) is 10.4 Å². The lowest BCUT2D eigenvalue weighted by Gasteiger charge is -1.93. The van der Waals surface area contributed by atoms with Crippen LogP contribution in [0.5, 0.6) is 0 Å². The number of unbranched alkanes of at least 4 members (excludes halogenated alkanes) is 3. The van der Waals surface area contributed by atoms with Crippen LogP contribution in [0.2, 0.25) is 6.04 Å². The standard InChI is InChI=1S/C6H15N3Si/c1-2-3-4-5-6-10-9-8-7/h2-6,10H2,1H3. The highest BCUT2D eigenvalue weighted by molar-refractivity contribution is 6.32. The average Bonchev–Trinajstić information content (AvgIpc) is 1.97. The Hall–Kier alpha value is -0.473. The number of nitrogens with zero attached hydrogens (tertiary/aromatic N) is 3. The van der Waals surface area contributed by atoms with Crippen molar-refractivity contribution in [2.75, 3.05) is 0 Å². The van der Waals surface area contributed by atoms with Gasteiger partial charge < -0.3 is 0 Å². The molecule has 0 bridgehead atoms. The summed E-state index contributed by atoms with van der Waals surface area (Å²) in [6, 6.07) is 1.18. The van der Waals surface area contributed by atoms with E-state index >= 15 is 0 Å². The van der Waals surface area contributed by atoms with Crippen LogP contribution in [0.1, 0.15) is 32.6 Å². The fraction of sp³-hybridized carbons (Fsp3) is 1.00.